The van der Waals surface area contributed by atoms with Crippen molar-refractivity contribution in [1.29, 1.82) is 0 Å². The summed E-state index contributed by atoms with van der Waals surface area (Å²) in [6.45, 7) is 11.9. The number of rotatable bonds is 8. The van der Waals surface area contributed by atoms with Gasteiger partial charge in [-0.1, -0.05) is 20.8 Å². The summed E-state index contributed by atoms with van der Waals surface area (Å²) in [5, 5.41) is 0. The highest BCUT2D eigenvalue weighted by atomic mass is 32.2. The quantitative estimate of drug-likeness (QED) is 0.672. The second-order valence-electron chi connectivity index (χ2n) is 7.01. The van der Waals surface area contributed by atoms with Crippen molar-refractivity contribution in [3.8, 4) is 0 Å². The van der Waals surface area contributed by atoms with Crippen molar-refractivity contribution >= 4 is 11.8 Å². The average molecular weight is 288 g/mol. The van der Waals surface area contributed by atoms with Crippen LogP contribution in [0.15, 0.2) is 0 Å². The normalized spacial score (nSPS) is 19.6. The van der Waals surface area contributed by atoms with Gasteiger partial charge in [-0.15, -0.1) is 0 Å². The molecule has 1 saturated heterocycles. The first-order chi connectivity index (χ1) is 9.01. The second-order valence-corrected chi connectivity index (χ2v) is 8.23. The molecule has 0 aliphatic carbocycles. The lowest BCUT2D eigenvalue weighted by atomic mass is 9.81. The highest BCUT2D eigenvalue weighted by Gasteiger charge is 2.19. The lowest BCUT2D eigenvalue weighted by Gasteiger charge is -2.29. The van der Waals surface area contributed by atoms with E-state index < -0.39 is 0 Å². The van der Waals surface area contributed by atoms with E-state index in [0.717, 1.165) is 12.5 Å². The molecule has 19 heavy (non-hydrogen) atoms. The van der Waals surface area contributed by atoms with E-state index in [-0.39, 0.29) is 0 Å². The van der Waals surface area contributed by atoms with E-state index in [4.69, 9.17) is 4.74 Å². The van der Waals surface area contributed by atoms with Gasteiger partial charge in [-0.3, -0.25) is 0 Å². The molecule has 0 aromatic rings. The Morgan fingerprint density at radius 2 is 1.84 bits per heavy atom. The van der Waals surface area contributed by atoms with Crippen LogP contribution < -0.4 is 0 Å². The Kier molecular flexibility index (Phi) is 8.43. The highest BCUT2D eigenvalue weighted by molar-refractivity contribution is 7.99. The summed E-state index contributed by atoms with van der Waals surface area (Å²) in [6.07, 6.45) is 5.27. The van der Waals surface area contributed by atoms with E-state index in [2.05, 4.69) is 37.4 Å². The molecule has 0 radical (unpaired) electrons. The topological polar surface area (TPSA) is 12.5 Å². The lowest BCUT2D eigenvalue weighted by molar-refractivity contribution is 0.155. The standard InChI is InChI=1S/C16H33NOS/c1-16(2,3)14-15(7-11-18-4)6-5-8-17-9-12-19-13-10-17/h15H,5-14H2,1-4H3/t15-/m0/s1. The van der Waals surface area contributed by atoms with Gasteiger partial charge in [-0.05, 0) is 43.6 Å². The molecular formula is C16H33NOS. The second kappa shape index (κ2) is 9.25. The number of methoxy groups -OCH3 is 1. The van der Waals surface area contributed by atoms with Gasteiger partial charge >= 0.3 is 0 Å². The molecule has 1 aliphatic heterocycles. The largest absolute Gasteiger partial charge is 0.385 e. The predicted octanol–water partition coefficient (Wildman–Crippen LogP) is 3.90. The molecule has 2 nitrogen and oxygen atoms in total. The summed E-state index contributed by atoms with van der Waals surface area (Å²) < 4.78 is 5.27. The van der Waals surface area contributed by atoms with Crippen LogP contribution in [-0.2, 0) is 4.74 Å². The zero-order valence-corrected chi connectivity index (χ0v) is 14.2. The van der Waals surface area contributed by atoms with E-state index in [1.165, 1.54) is 56.8 Å². The summed E-state index contributed by atoms with van der Waals surface area (Å²) in [4.78, 5) is 2.64. The predicted molar refractivity (Wildman–Crippen MR) is 87.1 cm³/mol. The zero-order chi connectivity index (χ0) is 14.1. The van der Waals surface area contributed by atoms with E-state index in [9.17, 15) is 0 Å². The monoisotopic (exact) mass is 287 g/mol. The number of thioether (sulfide) groups is 1. The van der Waals surface area contributed by atoms with Crippen LogP contribution in [0.4, 0.5) is 0 Å². The SMILES string of the molecule is COCC[C@H](CCCN1CCSCC1)CC(C)(C)C. The zero-order valence-electron chi connectivity index (χ0n) is 13.4. The van der Waals surface area contributed by atoms with Gasteiger partial charge in [0, 0.05) is 38.3 Å². The third-order valence-electron chi connectivity index (χ3n) is 3.82. The van der Waals surface area contributed by atoms with Gasteiger partial charge in [0.25, 0.3) is 0 Å². The number of hydrogen-bond acceptors (Lipinski definition) is 3. The van der Waals surface area contributed by atoms with Gasteiger partial charge in [0.1, 0.15) is 0 Å². The van der Waals surface area contributed by atoms with Crippen molar-refractivity contribution in [2.45, 2.75) is 46.5 Å². The first-order valence-corrected chi connectivity index (χ1v) is 8.96. The minimum Gasteiger partial charge on any atom is -0.385 e. The maximum absolute atomic E-state index is 5.27. The van der Waals surface area contributed by atoms with E-state index in [1.54, 1.807) is 0 Å². The molecule has 0 N–H and O–H groups in total. The highest BCUT2D eigenvalue weighted by Crippen LogP contribution is 2.29. The molecule has 1 atom stereocenters. The Labute approximate surface area is 124 Å². The molecule has 1 aliphatic rings. The molecule has 0 amide bonds. The molecule has 0 bridgehead atoms. The Morgan fingerprint density at radius 1 is 1.16 bits per heavy atom. The Hall–Kier alpha value is 0.270. The maximum atomic E-state index is 5.27. The number of hydrogen-bond donors (Lipinski definition) is 0. The van der Waals surface area contributed by atoms with E-state index in [0.29, 0.717) is 5.41 Å². The smallest absolute Gasteiger partial charge is 0.0464 e. The summed E-state index contributed by atoms with van der Waals surface area (Å²) >= 11 is 2.10. The van der Waals surface area contributed by atoms with Crippen molar-refractivity contribution in [1.82, 2.24) is 4.90 Å². The Morgan fingerprint density at radius 3 is 2.42 bits per heavy atom. The molecule has 114 valence electrons. The van der Waals surface area contributed by atoms with Crippen LogP contribution in [0.25, 0.3) is 0 Å². The molecule has 0 unspecified atom stereocenters. The van der Waals surface area contributed by atoms with Crippen LogP contribution in [0.3, 0.4) is 0 Å². The minimum absolute atomic E-state index is 0.445. The fourth-order valence-electron chi connectivity index (χ4n) is 2.93. The van der Waals surface area contributed by atoms with Gasteiger partial charge < -0.3 is 9.64 Å². The average Bonchev–Trinajstić information content (AvgIpc) is 2.35. The summed E-state index contributed by atoms with van der Waals surface area (Å²) in [7, 11) is 1.82. The van der Waals surface area contributed by atoms with Crippen LogP contribution in [0.5, 0.6) is 0 Å². The summed E-state index contributed by atoms with van der Waals surface area (Å²) in [5.74, 6) is 3.49. The molecule has 0 aromatic heterocycles. The Bertz CT molecular complexity index is 221. The van der Waals surface area contributed by atoms with Gasteiger partial charge in [0.05, 0.1) is 0 Å². The molecule has 3 heteroatoms. The number of nitrogens with zero attached hydrogens (tertiary/aromatic N) is 1. The van der Waals surface area contributed by atoms with Crippen LogP contribution in [0, 0.1) is 11.3 Å². The third-order valence-corrected chi connectivity index (χ3v) is 4.76. The van der Waals surface area contributed by atoms with Crippen molar-refractivity contribution in [3.63, 3.8) is 0 Å². The minimum atomic E-state index is 0.445. The Balaban J connectivity index is 2.22. The first kappa shape index (κ1) is 17.3. The fraction of sp³-hybridized carbons (Fsp3) is 1.00. The van der Waals surface area contributed by atoms with Crippen LogP contribution in [0.2, 0.25) is 0 Å². The first-order valence-electron chi connectivity index (χ1n) is 7.80. The van der Waals surface area contributed by atoms with Crippen molar-refractivity contribution in [2.75, 3.05) is 44.9 Å². The van der Waals surface area contributed by atoms with Gasteiger partial charge in [0.15, 0.2) is 0 Å². The van der Waals surface area contributed by atoms with Gasteiger partial charge in [0.2, 0.25) is 0 Å². The third kappa shape index (κ3) is 8.93. The molecule has 0 aromatic carbocycles. The van der Waals surface area contributed by atoms with Crippen molar-refractivity contribution < 1.29 is 4.74 Å². The molecule has 1 heterocycles. The van der Waals surface area contributed by atoms with Crippen LogP contribution in [0.1, 0.15) is 46.5 Å². The summed E-state index contributed by atoms with van der Waals surface area (Å²) in [5.41, 5.74) is 0.445. The molecule has 0 spiro atoms. The fourth-order valence-corrected chi connectivity index (χ4v) is 3.91. The van der Waals surface area contributed by atoms with Gasteiger partial charge in [-0.25, -0.2) is 0 Å². The van der Waals surface area contributed by atoms with Gasteiger partial charge in [-0.2, -0.15) is 11.8 Å². The molecular weight excluding hydrogens is 254 g/mol. The van der Waals surface area contributed by atoms with Crippen LogP contribution in [-0.4, -0.2) is 49.8 Å². The van der Waals surface area contributed by atoms with E-state index in [1.807, 2.05) is 7.11 Å². The number of ether oxygens (including phenoxy) is 1. The van der Waals surface area contributed by atoms with E-state index >= 15 is 0 Å². The molecule has 0 saturated carbocycles. The maximum Gasteiger partial charge on any atom is 0.0464 e. The van der Waals surface area contributed by atoms with Crippen molar-refractivity contribution in [3.05, 3.63) is 0 Å². The molecule has 1 rings (SSSR count). The summed E-state index contributed by atoms with van der Waals surface area (Å²) in [6, 6.07) is 0. The molecule has 1 fully saturated rings. The van der Waals surface area contributed by atoms with Crippen molar-refractivity contribution in [2.24, 2.45) is 11.3 Å². The lowest BCUT2D eigenvalue weighted by Crippen LogP contribution is -2.33. The van der Waals surface area contributed by atoms with Crippen LogP contribution >= 0.6 is 11.8 Å².